The van der Waals surface area contributed by atoms with E-state index in [0.717, 1.165) is 11.3 Å². The largest absolute Gasteiger partial charge is 0.497 e. The SMILES string of the molecule is COc1ccc(C(=O)NC(=S)Nc2cccc(C)c2)cc1. The molecular weight excluding hydrogens is 284 g/mol. The first kappa shape index (κ1) is 15.0. The minimum atomic E-state index is -0.261. The topological polar surface area (TPSA) is 50.4 Å². The van der Waals surface area contributed by atoms with Gasteiger partial charge < -0.3 is 10.1 Å². The number of anilines is 1. The van der Waals surface area contributed by atoms with E-state index in [1.165, 1.54) is 0 Å². The molecule has 0 radical (unpaired) electrons. The van der Waals surface area contributed by atoms with Gasteiger partial charge in [0.25, 0.3) is 5.91 Å². The number of carbonyl (C=O) groups excluding carboxylic acids is 1. The van der Waals surface area contributed by atoms with E-state index in [1.807, 2.05) is 31.2 Å². The molecule has 0 aliphatic rings. The zero-order chi connectivity index (χ0) is 15.2. The van der Waals surface area contributed by atoms with Crippen molar-refractivity contribution in [2.45, 2.75) is 6.92 Å². The van der Waals surface area contributed by atoms with Crippen molar-refractivity contribution in [3.63, 3.8) is 0 Å². The number of rotatable bonds is 3. The molecule has 0 fully saturated rings. The Hall–Kier alpha value is -2.40. The summed E-state index contributed by atoms with van der Waals surface area (Å²) in [5, 5.41) is 5.89. The van der Waals surface area contributed by atoms with E-state index in [9.17, 15) is 4.79 Å². The molecule has 0 saturated carbocycles. The number of amides is 1. The van der Waals surface area contributed by atoms with Gasteiger partial charge in [-0.15, -0.1) is 0 Å². The van der Waals surface area contributed by atoms with Crippen LogP contribution in [0, 0.1) is 6.92 Å². The van der Waals surface area contributed by atoms with E-state index in [-0.39, 0.29) is 11.0 Å². The number of nitrogens with one attached hydrogen (secondary N) is 2. The Morgan fingerprint density at radius 3 is 2.48 bits per heavy atom. The molecule has 1 amide bonds. The predicted octanol–water partition coefficient (Wildman–Crippen LogP) is 3.13. The van der Waals surface area contributed by atoms with Gasteiger partial charge in [0.05, 0.1) is 7.11 Å². The standard InChI is InChI=1S/C16H16N2O2S/c1-11-4-3-5-13(10-11)17-16(21)18-15(19)12-6-8-14(20-2)9-7-12/h3-10H,1-2H3,(H2,17,18,19,21). The van der Waals surface area contributed by atoms with Gasteiger partial charge in [-0.05, 0) is 61.1 Å². The summed E-state index contributed by atoms with van der Waals surface area (Å²) < 4.78 is 5.05. The van der Waals surface area contributed by atoms with E-state index in [2.05, 4.69) is 10.6 Å². The highest BCUT2D eigenvalue weighted by Gasteiger charge is 2.08. The molecule has 21 heavy (non-hydrogen) atoms. The summed E-state index contributed by atoms with van der Waals surface area (Å²) in [7, 11) is 1.58. The minimum absolute atomic E-state index is 0.261. The van der Waals surface area contributed by atoms with Gasteiger partial charge in [-0.2, -0.15) is 0 Å². The minimum Gasteiger partial charge on any atom is -0.497 e. The molecule has 4 nitrogen and oxygen atoms in total. The summed E-state index contributed by atoms with van der Waals surface area (Å²) in [6.45, 7) is 1.99. The number of aryl methyl sites for hydroxylation is 1. The Bertz CT molecular complexity index is 654. The molecule has 0 bridgehead atoms. The normalized spacial score (nSPS) is 9.81. The molecule has 0 aliphatic carbocycles. The van der Waals surface area contributed by atoms with Gasteiger partial charge in [-0.1, -0.05) is 12.1 Å². The van der Waals surface area contributed by atoms with Gasteiger partial charge in [-0.3, -0.25) is 10.1 Å². The van der Waals surface area contributed by atoms with Crippen LogP contribution in [0.25, 0.3) is 0 Å². The summed E-state index contributed by atoms with van der Waals surface area (Å²) in [4.78, 5) is 12.0. The molecule has 108 valence electrons. The highest BCUT2D eigenvalue weighted by Crippen LogP contribution is 2.12. The van der Waals surface area contributed by atoms with Crippen molar-refractivity contribution in [3.8, 4) is 5.75 Å². The number of hydrogen-bond donors (Lipinski definition) is 2. The zero-order valence-corrected chi connectivity index (χ0v) is 12.7. The lowest BCUT2D eigenvalue weighted by atomic mass is 10.2. The van der Waals surface area contributed by atoms with Crippen LogP contribution in [0.15, 0.2) is 48.5 Å². The summed E-state index contributed by atoms with van der Waals surface area (Å²) >= 11 is 5.14. The van der Waals surface area contributed by atoms with Crippen LogP contribution in [0.4, 0.5) is 5.69 Å². The van der Waals surface area contributed by atoms with Crippen molar-refractivity contribution in [1.82, 2.24) is 5.32 Å². The van der Waals surface area contributed by atoms with Crippen molar-refractivity contribution in [1.29, 1.82) is 0 Å². The number of hydrogen-bond acceptors (Lipinski definition) is 3. The van der Waals surface area contributed by atoms with E-state index in [0.29, 0.717) is 11.3 Å². The Balaban J connectivity index is 1.96. The maximum Gasteiger partial charge on any atom is 0.257 e. The maximum absolute atomic E-state index is 12.0. The fourth-order valence-corrected chi connectivity index (χ4v) is 2.01. The molecule has 5 heteroatoms. The van der Waals surface area contributed by atoms with Crippen LogP contribution in [0.5, 0.6) is 5.75 Å². The molecule has 0 aliphatic heterocycles. The average Bonchev–Trinajstić information content (AvgIpc) is 2.47. The number of benzene rings is 2. The molecule has 2 rings (SSSR count). The molecule has 0 spiro atoms. The highest BCUT2D eigenvalue weighted by atomic mass is 32.1. The fraction of sp³-hybridized carbons (Fsp3) is 0.125. The van der Waals surface area contributed by atoms with Crippen molar-refractivity contribution in [3.05, 3.63) is 59.7 Å². The lowest BCUT2D eigenvalue weighted by Gasteiger charge is -2.10. The van der Waals surface area contributed by atoms with Crippen LogP contribution in [0.3, 0.4) is 0 Å². The fourth-order valence-electron chi connectivity index (χ4n) is 1.80. The number of carbonyl (C=O) groups is 1. The Labute approximate surface area is 129 Å². The third-order valence-electron chi connectivity index (χ3n) is 2.86. The average molecular weight is 300 g/mol. The van der Waals surface area contributed by atoms with E-state index in [4.69, 9.17) is 17.0 Å². The van der Waals surface area contributed by atoms with Crippen molar-refractivity contribution in [2.75, 3.05) is 12.4 Å². The predicted molar refractivity (Wildman–Crippen MR) is 87.9 cm³/mol. The van der Waals surface area contributed by atoms with Gasteiger partial charge in [0, 0.05) is 11.3 Å². The number of thiocarbonyl (C=S) groups is 1. The Morgan fingerprint density at radius 1 is 1.14 bits per heavy atom. The van der Waals surface area contributed by atoms with Crippen LogP contribution in [0.1, 0.15) is 15.9 Å². The first-order chi connectivity index (χ1) is 10.1. The lowest BCUT2D eigenvalue weighted by Crippen LogP contribution is -2.34. The number of methoxy groups -OCH3 is 1. The quantitative estimate of drug-likeness (QED) is 0.855. The molecule has 0 unspecified atom stereocenters. The van der Waals surface area contributed by atoms with Crippen LogP contribution < -0.4 is 15.4 Å². The second-order valence-corrected chi connectivity index (χ2v) is 4.91. The van der Waals surface area contributed by atoms with Crippen LogP contribution >= 0.6 is 12.2 Å². The zero-order valence-electron chi connectivity index (χ0n) is 11.8. The second-order valence-electron chi connectivity index (χ2n) is 4.51. The van der Waals surface area contributed by atoms with Gasteiger partial charge >= 0.3 is 0 Å². The van der Waals surface area contributed by atoms with Gasteiger partial charge in [-0.25, -0.2) is 0 Å². The first-order valence-electron chi connectivity index (χ1n) is 6.41. The highest BCUT2D eigenvalue weighted by molar-refractivity contribution is 7.80. The summed E-state index contributed by atoms with van der Waals surface area (Å²) in [6.07, 6.45) is 0. The van der Waals surface area contributed by atoms with Gasteiger partial charge in [0.15, 0.2) is 5.11 Å². The lowest BCUT2D eigenvalue weighted by molar-refractivity contribution is 0.0977. The van der Waals surface area contributed by atoms with Gasteiger partial charge in [0.1, 0.15) is 5.75 Å². The molecule has 2 aromatic rings. The monoisotopic (exact) mass is 300 g/mol. The molecule has 0 atom stereocenters. The summed E-state index contributed by atoms with van der Waals surface area (Å²) in [5.41, 5.74) is 2.48. The third kappa shape index (κ3) is 4.29. The first-order valence-corrected chi connectivity index (χ1v) is 6.82. The second kappa shape index (κ2) is 6.85. The molecule has 2 N–H and O–H groups in total. The molecular formula is C16H16N2O2S. The van der Waals surface area contributed by atoms with E-state index in [1.54, 1.807) is 31.4 Å². The summed E-state index contributed by atoms with van der Waals surface area (Å²) in [5.74, 6) is 0.440. The van der Waals surface area contributed by atoms with E-state index >= 15 is 0 Å². The van der Waals surface area contributed by atoms with Gasteiger partial charge in [0.2, 0.25) is 0 Å². The number of ether oxygens (including phenoxy) is 1. The maximum atomic E-state index is 12.0. The van der Waals surface area contributed by atoms with Crippen molar-refractivity contribution in [2.24, 2.45) is 0 Å². The van der Waals surface area contributed by atoms with E-state index < -0.39 is 0 Å². The summed E-state index contributed by atoms with van der Waals surface area (Å²) in [6, 6.07) is 14.6. The smallest absolute Gasteiger partial charge is 0.257 e. The molecule has 0 aromatic heterocycles. The molecule has 0 heterocycles. The van der Waals surface area contributed by atoms with Crippen LogP contribution in [-0.2, 0) is 0 Å². The van der Waals surface area contributed by atoms with Crippen LogP contribution in [0.2, 0.25) is 0 Å². The Kier molecular flexibility index (Phi) is 4.90. The van der Waals surface area contributed by atoms with Crippen LogP contribution in [-0.4, -0.2) is 18.1 Å². The van der Waals surface area contributed by atoms with Crippen molar-refractivity contribution < 1.29 is 9.53 Å². The third-order valence-corrected chi connectivity index (χ3v) is 3.06. The van der Waals surface area contributed by atoms with Crippen molar-refractivity contribution >= 4 is 28.9 Å². The Morgan fingerprint density at radius 2 is 1.86 bits per heavy atom. The molecule has 2 aromatic carbocycles. The molecule has 0 saturated heterocycles.